The number of carbonyl (C=O) groups excluding carboxylic acids is 3. The molecule has 8 nitrogen and oxygen atoms in total. The van der Waals surface area contributed by atoms with Crippen LogP contribution in [-0.2, 0) is 14.4 Å². The number of nitrogens with one attached hydrogen (secondary N) is 2. The molecule has 9 heteroatoms. The highest BCUT2D eigenvalue weighted by Crippen LogP contribution is 2.35. The summed E-state index contributed by atoms with van der Waals surface area (Å²) in [5.41, 5.74) is 5.28. The molecule has 0 aromatic heterocycles. The van der Waals surface area contributed by atoms with E-state index in [1.165, 1.54) is 18.2 Å². The maximum Gasteiger partial charge on any atom is 0.282 e. The van der Waals surface area contributed by atoms with Gasteiger partial charge in [-0.15, -0.1) is 0 Å². The molecule has 1 aliphatic rings. The van der Waals surface area contributed by atoms with Crippen LogP contribution in [0.1, 0.15) is 11.1 Å². The monoisotopic (exact) mass is 535 g/mol. The van der Waals surface area contributed by atoms with Gasteiger partial charge in [0.2, 0.25) is 0 Å². The van der Waals surface area contributed by atoms with Gasteiger partial charge in [-0.25, -0.2) is 5.01 Å². The average Bonchev–Trinajstić information content (AvgIpc) is 3.14. The van der Waals surface area contributed by atoms with Crippen LogP contribution in [0, 0.1) is 6.92 Å². The van der Waals surface area contributed by atoms with E-state index in [1.807, 2.05) is 37.3 Å². The molecule has 1 fully saturated rings. The van der Waals surface area contributed by atoms with Gasteiger partial charge in [0.25, 0.3) is 17.7 Å². The number of ether oxygens (including phenoxy) is 2. The lowest BCUT2D eigenvalue weighted by molar-refractivity contribution is -0.118. The van der Waals surface area contributed by atoms with Crippen LogP contribution >= 0.6 is 15.9 Å². The van der Waals surface area contributed by atoms with Gasteiger partial charge < -0.3 is 14.8 Å². The lowest BCUT2D eigenvalue weighted by atomic mass is 10.1. The van der Waals surface area contributed by atoms with Gasteiger partial charge in [0.15, 0.2) is 18.1 Å². The average molecular weight is 536 g/mol. The van der Waals surface area contributed by atoms with Crippen LogP contribution in [0.4, 0.5) is 11.4 Å². The number of hydrogen-bond acceptors (Lipinski definition) is 5. The van der Waals surface area contributed by atoms with E-state index in [1.54, 1.807) is 36.4 Å². The standard InChI is InChI=1S/C26H22BrN3O5/c1-16-8-6-7-11-21(16)28-24(31)15-35-23-14-20(27)17(13-22(23)34-2)12-19-25(32)29-30(26(19)33)18-9-4-3-5-10-18/h3-14H,15H2,1-2H3,(H,28,31)(H,29,32)/b19-12-. The van der Waals surface area contributed by atoms with Crippen molar-refractivity contribution >= 4 is 51.1 Å². The van der Waals surface area contributed by atoms with E-state index in [9.17, 15) is 14.4 Å². The molecular formula is C26H22BrN3O5. The third-order valence-corrected chi connectivity index (χ3v) is 5.95. The highest BCUT2D eigenvalue weighted by atomic mass is 79.9. The van der Waals surface area contributed by atoms with Gasteiger partial charge in [0, 0.05) is 10.2 Å². The summed E-state index contributed by atoms with van der Waals surface area (Å²) in [7, 11) is 1.46. The molecule has 3 aromatic rings. The molecule has 0 unspecified atom stereocenters. The number of halogens is 1. The number of nitrogens with zero attached hydrogens (tertiary/aromatic N) is 1. The second kappa shape index (κ2) is 10.4. The quantitative estimate of drug-likeness (QED) is 0.348. The van der Waals surface area contributed by atoms with Crippen LogP contribution < -0.4 is 25.2 Å². The van der Waals surface area contributed by atoms with E-state index in [2.05, 4.69) is 26.7 Å². The number of methoxy groups -OCH3 is 1. The molecular weight excluding hydrogens is 514 g/mol. The number of hydrazine groups is 1. The summed E-state index contributed by atoms with van der Waals surface area (Å²) >= 11 is 3.45. The summed E-state index contributed by atoms with van der Waals surface area (Å²) in [5.74, 6) is -0.639. The summed E-state index contributed by atoms with van der Waals surface area (Å²) in [6, 6.07) is 19.5. The molecule has 3 aromatic carbocycles. The predicted molar refractivity (Wildman–Crippen MR) is 136 cm³/mol. The van der Waals surface area contributed by atoms with Gasteiger partial charge in [-0.3, -0.25) is 19.8 Å². The number of carbonyl (C=O) groups is 3. The third-order valence-electron chi connectivity index (χ3n) is 5.27. The molecule has 35 heavy (non-hydrogen) atoms. The fraction of sp³-hybridized carbons (Fsp3) is 0.115. The number of benzene rings is 3. The molecule has 0 saturated carbocycles. The van der Waals surface area contributed by atoms with E-state index >= 15 is 0 Å². The van der Waals surface area contributed by atoms with E-state index in [0.717, 1.165) is 5.56 Å². The molecule has 1 aliphatic heterocycles. The van der Waals surface area contributed by atoms with Gasteiger partial charge in [-0.2, -0.15) is 0 Å². The molecule has 178 valence electrons. The second-order valence-corrected chi connectivity index (χ2v) is 8.51. The normalized spacial score (nSPS) is 14.1. The zero-order valence-electron chi connectivity index (χ0n) is 19.0. The van der Waals surface area contributed by atoms with Crippen LogP contribution in [0.2, 0.25) is 0 Å². The summed E-state index contributed by atoms with van der Waals surface area (Å²) in [6.07, 6.45) is 1.47. The Balaban J connectivity index is 1.51. The topological polar surface area (TPSA) is 97.0 Å². The Kier molecular flexibility index (Phi) is 7.17. The lowest BCUT2D eigenvalue weighted by Gasteiger charge is -2.14. The summed E-state index contributed by atoms with van der Waals surface area (Å²) in [6.45, 7) is 1.67. The van der Waals surface area contributed by atoms with Crippen LogP contribution in [0.15, 0.2) is 76.8 Å². The SMILES string of the molecule is COc1cc(/C=C2/C(=O)NN(c3ccccc3)C2=O)c(Br)cc1OCC(=O)Nc1ccccc1C. The first-order valence-electron chi connectivity index (χ1n) is 10.7. The first-order valence-corrected chi connectivity index (χ1v) is 11.4. The highest BCUT2D eigenvalue weighted by Gasteiger charge is 2.34. The van der Waals surface area contributed by atoms with Crippen molar-refractivity contribution in [1.29, 1.82) is 0 Å². The number of aryl methyl sites for hydroxylation is 1. The van der Waals surface area contributed by atoms with Gasteiger partial charge in [-0.1, -0.05) is 52.3 Å². The maximum atomic E-state index is 12.9. The summed E-state index contributed by atoms with van der Waals surface area (Å²) in [5, 5.41) is 4.01. The highest BCUT2D eigenvalue weighted by molar-refractivity contribution is 9.10. The number of anilines is 2. The van der Waals surface area contributed by atoms with Crippen LogP contribution in [0.3, 0.4) is 0 Å². The molecule has 4 rings (SSSR count). The fourth-order valence-electron chi connectivity index (χ4n) is 3.45. The van der Waals surface area contributed by atoms with Gasteiger partial charge in [-0.05, 0) is 54.5 Å². The lowest BCUT2D eigenvalue weighted by Crippen LogP contribution is -2.35. The van der Waals surface area contributed by atoms with Crippen molar-refractivity contribution in [2.75, 3.05) is 24.0 Å². The van der Waals surface area contributed by atoms with Crippen molar-refractivity contribution < 1.29 is 23.9 Å². The zero-order chi connectivity index (χ0) is 24.9. The molecule has 2 N–H and O–H groups in total. The van der Waals surface area contributed by atoms with Crippen molar-refractivity contribution in [1.82, 2.24) is 5.43 Å². The van der Waals surface area contributed by atoms with E-state index < -0.39 is 11.8 Å². The Morgan fingerprint density at radius 3 is 2.49 bits per heavy atom. The van der Waals surface area contributed by atoms with E-state index in [-0.39, 0.29) is 18.1 Å². The van der Waals surface area contributed by atoms with Crippen LogP contribution in [-0.4, -0.2) is 31.4 Å². The number of para-hydroxylation sites is 2. The van der Waals surface area contributed by atoms with E-state index in [0.29, 0.717) is 32.9 Å². The minimum Gasteiger partial charge on any atom is -0.493 e. The molecule has 3 amide bonds. The Morgan fingerprint density at radius 1 is 1.06 bits per heavy atom. The summed E-state index contributed by atoms with van der Waals surface area (Å²) in [4.78, 5) is 37.7. The molecule has 0 spiro atoms. The van der Waals surface area contributed by atoms with Gasteiger partial charge in [0.1, 0.15) is 5.57 Å². The van der Waals surface area contributed by atoms with Crippen molar-refractivity contribution in [3.63, 3.8) is 0 Å². The predicted octanol–water partition coefficient (Wildman–Crippen LogP) is 4.25. The van der Waals surface area contributed by atoms with Crippen molar-refractivity contribution in [2.45, 2.75) is 6.92 Å². The van der Waals surface area contributed by atoms with Crippen LogP contribution in [0.5, 0.6) is 11.5 Å². The Labute approximate surface area is 210 Å². The molecule has 0 aliphatic carbocycles. The Hall–Kier alpha value is -4.11. The third kappa shape index (κ3) is 5.36. The van der Waals surface area contributed by atoms with E-state index in [4.69, 9.17) is 9.47 Å². The molecule has 1 saturated heterocycles. The zero-order valence-corrected chi connectivity index (χ0v) is 20.6. The van der Waals surface area contributed by atoms with Crippen molar-refractivity contribution in [3.05, 3.63) is 87.9 Å². The second-order valence-electron chi connectivity index (χ2n) is 7.65. The first kappa shape index (κ1) is 24.0. The molecule has 0 atom stereocenters. The number of amides is 3. The Morgan fingerprint density at radius 2 is 1.77 bits per heavy atom. The largest absolute Gasteiger partial charge is 0.493 e. The smallest absolute Gasteiger partial charge is 0.282 e. The minimum atomic E-state index is -0.516. The number of hydrogen-bond donors (Lipinski definition) is 2. The molecule has 0 radical (unpaired) electrons. The van der Waals surface area contributed by atoms with Gasteiger partial charge in [0.05, 0.1) is 12.8 Å². The van der Waals surface area contributed by atoms with Gasteiger partial charge >= 0.3 is 0 Å². The summed E-state index contributed by atoms with van der Waals surface area (Å²) < 4.78 is 11.7. The molecule has 0 bridgehead atoms. The fourth-order valence-corrected chi connectivity index (χ4v) is 3.89. The van der Waals surface area contributed by atoms with Crippen molar-refractivity contribution in [2.24, 2.45) is 0 Å². The number of rotatable bonds is 7. The first-order chi connectivity index (χ1) is 16.9. The maximum absolute atomic E-state index is 12.9. The van der Waals surface area contributed by atoms with Crippen molar-refractivity contribution in [3.8, 4) is 11.5 Å². The minimum absolute atomic E-state index is 0.0251. The Bertz CT molecular complexity index is 1320. The van der Waals surface area contributed by atoms with Crippen LogP contribution in [0.25, 0.3) is 6.08 Å². The molecule has 1 heterocycles.